The average Bonchev–Trinajstić information content (AvgIpc) is 3.67. The molecule has 38 heavy (non-hydrogen) atoms. The molecule has 3 aromatic carbocycles. The third kappa shape index (κ3) is 5.69. The number of anilines is 1. The number of hydrogen-bond donors (Lipinski definition) is 3. The maximum absolute atomic E-state index is 13.0. The molecule has 0 unspecified atom stereocenters. The maximum Gasteiger partial charge on any atom is 0.342 e. The molecule has 2 amide bonds. The number of carbonyl (C=O) groups excluding carboxylic acids is 2. The topological polar surface area (TPSA) is 96.3 Å². The molecule has 4 aromatic rings. The van der Waals surface area contributed by atoms with Crippen molar-refractivity contribution in [3.05, 3.63) is 99.2 Å². The van der Waals surface area contributed by atoms with Gasteiger partial charge in [0.15, 0.2) is 0 Å². The number of aromatic nitrogens is 2. The van der Waals surface area contributed by atoms with E-state index in [-0.39, 0.29) is 30.2 Å². The van der Waals surface area contributed by atoms with E-state index >= 15 is 0 Å². The van der Waals surface area contributed by atoms with Crippen molar-refractivity contribution in [2.75, 3.05) is 5.32 Å². The number of carbonyl (C=O) groups is 2. The van der Waals surface area contributed by atoms with Crippen LogP contribution < -0.4 is 10.6 Å². The van der Waals surface area contributed by atoms with Gasteiger partial charge in [-0.05, 0) is 72.9 Å². The fraction of sp³-hybridized carbons (Fsp3) is 0.207. The van der Waals surface area contributed by atoms with Gasteiger partial charge in [0.2, 0.25) is 0 Å². The van der Waals surface area contributed by atoms with E-state index in [1.165, 1.54) is 10.7 Å². The van der Waals surface area contributed by atoms with Crippen LogP contribution in [0.3, 0.4) is 0 Å². The Hall–Kier alpha value is -3.81. The van der Waals surface area contributed by atoms with Gasteiger partial charge in [-0.15, -0.1) is 0 Å². The fourth-order valence-electron chi connectivity index (χ4n) is 4.18. The highest BCUT2D eigenvalue weighted by Crippen LogP contribution is 2.42. The highest BCUT2D eigenvalue weighted by molar-refractivity contribution is 6.42. The molecule has 1 aliphatic carbocycles. The van der Waals surface area contributed by atoms with Gasteiger partial charge in [0.1, 0.15) is 5.75 Å². The van der Waals surface area contributed by atoms with Crippen LogP contribution in [0, 0.1) is 0 Å². The molecule has 7 nitrogen and oxygen atoms in total. The largest absolute Gasteiger partial charge is 0.507 e. The predicted octanol–water partition coefficient (Wildman–Crippen LogP) is 7.01. The second-order valence-electron chi connectivity index (χ2n) is 9.28. The number of aryl methyl sites for hydroxylation is 1. The third-order valence-corrected chi connectivity index (χ3v) is 7.25. The van der Waals surface area contributed by atoms with Crippen LogP contribution in [0.25, 0.3) is 11.3 Å². The van der Waals surface area contributed by atoms with Gasteiger partial charge in [-0.2, -0.15) is 9.78 Å². The lowest BCUT2D eigenvalue weighted by Crippen LogP contribution is -2.30. The summed E-state index contributed by atoms with van der Waals surface area (Å²) in [5.41, 5.74) is 4.68. The summed E-state index contributed by atoms with van der Waals surface area (Å²) in [5.74, 6) is -0.0714. The summed E-state index contributed by atoms with van der Waals surface area (Å²) in [7, 11) is 0. The zero-order chi connectivity index (χ0) is 26.8. The minimum Gasteiger partial charge on any atom is -0.507 e. The zero-order valence-electron chi connectivity index (χ0n) is 20.7. The van der Waals surface area contributed by atoms with Gasteiger partial charge in [0.25, 0.3) is 5.91 Å². The van der Waals surface area contributed by atoms with Gasteiger partial charge < -0.3 is 15.7 Å². The van der Waals surface area contributed by atoms with Crippen LogP contribution in [0.15, 0.2) is 66.7 Å². The van der Waals surface area contributed by atoms with Gasteiger partial charge in [-0.3, -0.25) is 4.79 Å². The van der Waals surface area contributed by atoms with E-state index < -0.39 is 0 Å². The van der Waals surface area contributed by atoms with Crippen molar-refractivity contribution in [1.29, 1.82) is 0 Å². The van der Waals surface area contributed by atoms with Crippen molar-refractivity contribution in [3.8, 4) is 17.0 Å². The number of aromatic hydroxyl groups is 1. The Morgan fingerprint density at radius 2 is 1.71 bits per heavy atom. The first-order valence-corrected chi connectivity index (χ1v) is 13.1. The standard InChI is InChI=1S/C29H26Cl2N4O3/c1-2-17-3-6-20(7-4-17)28(37)33-21-10-11-22(27(36)14-21)25-15-26(19-8-9-19)35(34-25)29(38)32-16-18-5-12-23(30)24(31)13-18/h3-7,10-15,19,36H,2,8-9,16H2,1H3,(H,32,38)(H,33,37). The number of halogens is 2. The van der Waals surface area contributed by atoms with Crippen LogP contribution >= 0.6 is 23.2 Å². The summed E-state index contributed by atoms with van der Waals surface area (Å²) in [6.07, 6.45) is 2.84. The van der Waals surface area contributed by atoms with E-state index in [2.05, 4.69) is 22.7 Å². The Kier molecular flexibility index (Phi) is 7.40. The molecule has 0 atom stereocenters. The number of phenols is 1. The predicted molar refractivity (Wildman–Crippen MR) is 149 cm³/mol. The summed E-state index contributed by atoms with van der Waals surface area (Å²) in [4.78, 5) is 25.6. The number of amides is 2. The van der Waals surface area contributed by atoms with Crippen LogP contribution in [-0.4, -0.2) is 26.8 Å². The highest BCUT2D eigenvalue weighted by atomic mass is 35.5. The normalized spacial score (nSPS) is 12.8. The number of hydrogen-bond acceptors (Lipinski definition) is 4. The molecule has 0 saturated heterocycles. The molecule has 5 rings (SSSR count). The minimum absolute atomic E-state index is 0.0488. The van der Waals surface area contributed by atoms with Crippen molar-refractivity contribution in [2.24, 2.45) is 0 Å². The van der Waals surface area contributed by atoms with Crippen molar-refractivity contribution < 1.29 is 14.7 Å². The molecule has 0 aliphatic heterocycles. The first-order chi connectivity index (χ1) is 18.3. The van der Waals surface area contributed by atoms with Gasteiger partial charge in [-0.1, -0.05) is 48.3 Å². The van der Waals surface area contributed by atoms with E-state index in [9.17, 15) is 14.7 Å². The Balaban J connectivity index is 1.32. The van der Waals surface area contributed by atoms with Crippen LogP contribution in [0.4, 0.5) is 10.5 Å². The van der Waals surface area contributed by atoms with Gasteiger partial charge >= 0.3 is 6.03 Å². The molecule has 3 N–H and O–H groups in total. The van der Waals surface area contributed by atoms with Crippen LogP contribution in [-0.2, 0) is 13.0 Å². The number of rotatable bonds is 7. The molecule has 1 heterocycles. The van der Waals surface area contributed by atoms with E-state index in [1.807, 2.05) is 18.2 Å². The van der Waals surface area contributed by atoms with E-state index in [4.69, 9.17) is 23.2 Å². The Labute approximate surface area is 230 Å². The van der Waals surface area contributed by atoms with Crippen molar-refractivity contribution >= 4 is 40.8 Å². The lowest BCUT2D eigenvalue weighted by atomic mass is 10.1. The molecule has 1 aliphatic rings. The quantitative estimate of drug-likeness (QED) is 0.231. The van der Waals surface area contributed by atoms with Crippen LogP contribution in [0.5, 0.6) is 5.75 Å². The summed E-state index contributed by atoms with van der Waals surface area (Å²) in [6, 6.07) is 18.9. The molecule has 1 saturated carbocycles. The minimum atomic E-state index is -0.373. The lowest BCUT2D eigenvalue weighted by Gasteiger charge is -2.09. The fourth-order valence-corrected chi connectivity index (χ4v) is 4.50. The van der Waals surface area contributed by atoms with Crippen LogP contribution in [0.2, 0.25) is 10.0 Å². The number of nitrogens with zero attached hydrogens (tertiary/aromatic N) is 2. The Bertz CT molecular complexity index is 1510. The lowest BCUT2D eigenvalue weighted by molar-refractivity contribution is 0.102. The molecule has 0 spiro atoms. The number of benzene rings is 3. The molecule has 1 aromatic heterocycles. The van der Waals surface area contributed by atoms with E-state index in [1.54, 1.807) is 42.5 Å². The van der Waals surface area contributed by atoms with Crippen molar-refractivity contribution in [1.82, 2.24) is 15.1 Å². The monoisotopic (exact) mass is 548 g/mol. The number of nitrogens with one attached hydrogen (secondary N) is 2. The molecule has 194 valence electrons. The second-order valence-corrected chi connectivity index (χ2v) is 10.1. The average molecular weight is 549 g/mol. The maximum atomic E-state index is 13.0. The van der Waals surface area contributed by atoms with Crippen molar-refractivity contribution in [2.45, 2.75) is 38.6 Å². The van der Waals surface area contributed by atoms with Gasteiger partial charge in [-0.25, -0.2) is 4.79 Å². The first kappa shape index (κ1) is 25.8. The summed E-state index contributed by atoms with van der Waals surface area (Å²) >= 11 is 12.1. The molecule has 0 radical (unpaired) electrons. The van der Waals surface area contributed by atoms with Gasteiger partial charge in [0.05, 0.1) is 21.4 Å². The van der Waals surface area contributed by atoms with Crippen molar-refractivity contribution in [3.63, 3.8) is 0 Å². The number of phenolic OH excluding ortho intramolecular Hbond substituents is 1. The SMILES string of the molecule is CCc1ccc(C(=O)Nc2ccc(-c3cc(C4CC4)n(C(=O)NCc4ccc(Cl)c(Cl)c4)n3)c(O)c2)cc1. The third-order valence-electron chi connectivity index (χ3n) is 6.51. The molecule has 1 fully saturated rings. The smallest absolute Gasteiger partial charge is 0.342 e. The highest BCUT2D eigenvalue weighted by Gasteiger charge is 2.30. The van der Waals surface area contributed by atoms with E-state index in [0.717, 1.165) is 36.1 Å². The zero-order valence-corrected chi connectivity index (χ0v) is 22.2. The summed E-state index contributed by atoms with van der Waals surface area (Å²) in [6.45, 7) is 2.32. The first-order valence-electron chi connectivity index (χ1n) is 12.4. The molecule has 0 bridgehead atoms. The molecule has 9 heteroatoms. The van der Waals surface area contributed by atoms with Crippen LogP contribution in [0.1, 0.15) is 52.9 Å². The summed E-state index contributed by atoms with van der Waals surface area (Å²) < 4.78 is 1.36. The molecular formula is C29H26Cl2N4O3. The second kappa shape index (κ2) is 10.9. The summed E-state index contributed by atoms with van der Waals surface area (Å²) in [5, 5.41) is 21.8. The Morgan fingerprint density at radius 1 is 0.974 bits per heavy atom. The molecular weight excluding hydrogens is 523 g/mol. The van der Waals surface area contributed by atoms with E-state index in [0.29, 0.717) is 32.6 Å². The Morgan fingerprint density at radius 3 is 2.37 bits per heavy atom. The van der Waals surface area contributed by atoms with Gasteiger partial charge in [0, 0.05) is 35.3 Å².